The first-order valence-electron chi connectivity index (χ1n) is 7.97. The number of rotatable bonds is 7. The molecule has 1 unspecified atom stereocenters. The van der Waals surface area contributed by atoms with E-state index in [-0.39, 0.29) is 0 Å². The first kappa shape index (κ1) is 16.9. The quantitative estimate of drug-likeness (QED) is 0.715. The second-order valence-electron chi connectivity index (χ2n) is 5.74. The fraction of sp³-hybridized carbons (Fsp3) is 0.200. The van der Waals surface area contributed by atoms with Gasteiger partial charge in [0.15, 0.2) is 6.10 Å². The summed E-state index contributed by atoms with van der Waals surface area (Å²) in [6.45, 7) is 0.424. The lowest BCUT2D eigenvalue weighted by Gasteiger charge is -2.11. The van der Waals surface area contributed by atoms with E-state index in [2.05, 4.69) is 11.1 Å². The Morgan fingerprint density at radius 2 is 1.88 bits per heavy atom. The second-order valence-corrected chi connectivity index (χ2v) is 5.74. The number of benzene rings is 2. The topological polar surface area (TPSA) is 68.7 Å². The first-order chi connectivity index (χ1) is 12.2. The molecule has 1 atom stereocenters. The minimum Gasteiger partial charge on any atom is -0.489 e. The molecule has 0 aliphatic carbocycles. The van der Waals surface area contributed by atoms with Crippen LogP contribution in [0.3, 0.4) is 0 Å². The molecule has 0 radical (unpaired) electrons. The van der Waals surface area contributed by atoms with Crippen LogP contribution in [0.15, 0.2) is 60.8 Å². The van der Waals surface area contributed by atoms with Gasteiger partial charge in [-0.2, -0.15) is 0 Å². The first-order valence-corrected chi connectivity index (χ1v) is 7.97. The molecule has 1 heterocycles. The fourth-order valence-corrected chi connectivity index (χ4v) is 2.57. The van der Waals surface area contributed by atoms with Crippen molar-refractivity contribution in [1.29, 1.82) is 0 Å². The minimum absolute atomic E-state index is 0.320. The van der Waals surface area contributed by atoms with Crippen LogP contribution < -0.4 is 4.74 Å². The highest BCUT2D eigenvalue weighted by Gasteiger charge is 2.16. The Hall–Kier alpha value is -2.92. The molecule has 0 aliphatic rings. The largest absolute Gasteiger partial charge is 0.489 e. The van der Waals surface area contributed by atoms with Crippen molar-refractivity contribution >= 4 is 16.9 Å². The van der Waals surface area contributed by atoms with E-state index in [1.807, 2.05) is 54.7 Å². The molecule has 3 aromatic rings. The van der Waals surface area contributed by atoms with Gasteiger partial charge in [-0.3, -0.25) is 4.98 Å². The smallest absolute Gasteiger partial charge is 0.333 e. The van der Waals surface area contributed by atoms with E-state index < -0.39 is 12.1 Å². The molecule has 1 aromatic heterocycles. The zero-order valence-electron chi connectivity index (χ0n) is 13.9. The van der Waals surface area contributed by atoms with Crippen LogP contribution in [0.1, 0.15) is 11.1 Å². The van der Waals surface area contributed by atoms with E-state index in [0.717, 1.165) is 27.8 Å². The summed E-state index contributed by atoms with van der Waals surface area (Å²) in [5.41, 5.74) is 2.84. The van der Waals surface area contributed by atoms with Crippen molar-refractivity contribution in [2.45, 2.75) is 19.1 Å². The lowest BCUT2D eigenvalue weighted by atomic mass is 10.1. The Balaban J connectivity index is 1.62. The summed E-state index contributed by atoms with van der Waals surface area (Å²) in [5, 5.41) is 10.1. The summed E-state index contributed by atoms with van der Waals surface area (Å²) in [6, 6.07) is 17.4. The predicted molar refractivity (Wildman–Crippen MR) is 94.7 cm³/mol. The third-order valence-corrected chi connectivity index (χ3v) is 3.96. The summed E-state index contributed by atoms with van der Waals surface area (Å²) in [4.78, 5) is 15.4. The average Bonchev–Trinajstić information content (AvgIpc) is 2.65. The Labute approximate surface area is 145 Å². The molecule has 0 spiro atoms. The number of carbonyl (C=O) groups is 1. The molecule has 0 saturated heterocycles. The zero-order chi connectivity index (χ0) is 17.6. The summed E-state index contributed by atoms with van der Waals surface area (Å²) < 4.78 is 10.7. The van der Waals surface area contributed by atoms with Gasteiger partial charge in [-0.1, -0.05) is 30.3 Å². The summed E-state index contributed by atoms with van der Waals surface area (Å²) in [7, 11) is 1.40. The van der Waals surface area contributed by atoms with Gasteiger partial charge < -0.3 is 14.6 Å². The van der Waals surface area contributed by atoms with Crippen molar-refractivity contribution in [3.8, 4) is 5.75 Å². The van der Waals surface area contributed by atoms with E-state index in [0.29, 0.717) is 13.0 Å². The predicted octanol–water partition coefficient (Wildman–Crippen LogP) is 3.46. The van der Waals surface area contributed by atoms with Gasteiger partial charge in [0.2, 0.25) is 0 Å². The maximum atomic E-state index is 11.0. The molecule has 3 rings (SSSR count). The highest BCUT2D eigenvalue weighted by atomic mass is 16.5. The third kappa shape index (κ3) is 4.33. The number of methoxy groups -OCH3 is 1. The van der Waals surface area contributed by atoms with Crippen LogP contribution in [-0.2, 0) is 22.6 Å². The van der Waals surface area contributed by atoms with Crippen molar-refractivity contribution < 1.29 is 19.4 Å². The number of fused-ring (bicyclic) bond motifs is 1. The number of aliphatic carboxylic acids is 1. The number of ether oxygens (including phenoxy) is 2. The number of nitrogens with zero attached hydrogens (tertiary/aromatic N) is 1. The molecule has 5 heteroatoms. The molecular formula is C20H19NO4. The molecule has 0 amide bonds. The van der Waals surface area contributed by atoms with Crippen LogP contribution in [0, 0.1) is 0 Å². The standard InChI is InChI=1S/C20H19NO4/c1-24-19(20(22)23)11-14-6-8-17(9-7-14)25-13-15-10-16-4-2-3-5-18(16)21-12-15/h2-10,12,19H,11,13H2,1H3,(H,22,23). The van der Waals surface area contributed by atoms with Gasteiger partial charge in [-0.15, -0.1) is 0 Å². The van der Waals surface area contributed by atoms with E-state index >= 15 is 0 Å². The number of carboxylic acid groups (broad SMARTS) is 1. The van der Waals surface area contributed by atoms with Crippen LogP contribution in [-0.4, -0.2) is 29.3 Å². The van der Waals surface area contributed by atoms with Gasteiger partial charge >= 0.3 is 5.97 Å². The van der Waals surface area contributed by atoms with E-state index in [9.17, 15) is 4.79 Å². The van der Waals surface area contributed by atoms with Crippen LogP contribution >= 0.6 is 0 Å². The summed E-state index contributed by atoms with van der Waals surface area (Å²) >= 11 is 0. The number of hydrogen-bond acceptors (Lipinski definition) is 4. The van der Waals surface area contributed by atoms with Gasteiger partial charge in [-0.25, -0.2) is 4.79 Å². The van der Waals surface area contributed by atoms with Crippen LogP contribution in [0.4, 0.5) is 0 Å². The number of carboxylic acids is 1. The van der Waals surface area contributed by atoms with E-state index in [4.69, 9.17) is 14.6 Å². The molecule has 2 aromatic carbocycles. The molecule has 0 fully saturated rings. The second kappa shape index (κ2) is 7.77. The SMILES string of the molecule is COC(Cc1ccc(OCc2cnc3ccccc3c2)cc1)C(=O)O. The van der Waals surface area contributed by atoms with Crippen molar-refractivity contribution in [3.63, 3.8) is 0 Å². The van der Waals surface area contributed by atoms with Crippen molar-refractivity contribution in [1.82, 2.24) is 4.98 Å². The number of hydrogen-bond donors (Lipinski definition) is 1. The molecule has 128 valence electrons. The lowest BCUT2D eigenvalue weighted by Crippen LogP contribution is -2.24. The van der Waals surface area contributed by atoms with Crippen LogP contribution in [0.25, 0.3) is 10.9 Å². The highest BCUT2D eigenvalue weighted by molar-refractivity contribution is 5.78. The van der Waals surface area contributed by atoms with Crippen molar-refractivity contribution in [3.05, 3.63) is 71.9 Å². The molecule has 1 N–H and O–H groups in total. The van der Waals surface area contributed by atoms with Crippen LogP contribution in [0.2, 0.25) is 0 Å². The Kier molecular flexibility index (Phi) is 5.26. The molecule has 0 saturated carbocycles. The van der Waals surface area contributed by atoms with Crippen LogP contribution in [0.5, 0.6) is 5.75 Å². The maximum absolute atomic E-state index is 11.0. The normalized spacial score (nSPS) is 12.0. The number of pyridine rings is 1. The van der Waals surface area contributed by atoms with Crippen molar-refractivity contribution in [2.24, 2.45) is 0 Å². The minimum atomic E-state index is -0.966. The van der Waals surface area contributed by atoms with Gasteiger partial charge in [0.1, 0.15) is 12.4 Å². The van der Waals surface area contributed by atoms with Gasteiger partial charge in [0, 0.05) is 30.7 Å². The zero-order valence-corrected chi connectivity index (χ0v) is 13.9. The average molecular weight is 337 g/mol. The molecular weight excluding hydrogens is 318 g/mol. The molecule has 25 heavy (non-hydrogen) atoms. The Morgan fingerprint density at radius 1 is 1.12 bits per heavy atom. The maximum Gasteiger partial charge on any atom is 0.333 e. The molecule has 0 bridgehead atoms. The number of para-hydroxylation sites is 1. The summed E-state index contributed by atoms with van der Waals surface area (Å²) in [6.07, 6.45) is 1.29. The number of aromatic nitrogens is 1. The summed E-state index contributed by atoms with van der Waals surface area (Å²) in [5.74, 6) is -0.243. The fourth-order valence-electron chi connectivity index (χ4n) is 2.57. The lowest BCUT2D eigenvalue weighted by molar-refractivity contribution is -0.148. The highest BCUT2D eigenvalue weighted by Crippen LogP contribution is 2.17. The Bertz CT molecular complexity index is 861. The Morgan fingerprint density at radius 3 is 2.60 bits per heavy atom. The van der Waals surface area contributed by atoms with Gasteiger partial charge in [0.05, 0.1) is 5.52 Å². The molecule has 0 aliphatic heterocycles. The monoisotopic (exact) mass is 337 g/mol. The molecule has 5 nitrogen and oxygen atoms in total. The van der Waals surface area contributed by atoms with Crippen molar-refractivity contribution in [2.75, 3.05) is 7.11 Å². The third-order valence-electron chi connectivity index (χ3n) is 3.96. The van der Waals surface area contributed by atoms with E-state index in [1.165, 1.54) is 7.11 Å². The van der Waals surface area contributed by atoms with Gasteiger partial charge in [-0.05, 0) is 29.8 Å². The van der Waals surface area contributed by atoms with Gasteiger partial charge in [0.25, 0.3) is 0 Å². The van der Waals surface area contributed by atoms with E-state index in [1.54, 1.807) is 0 Å².